The number of rotatable bonds is 2. The third kappa shape index (κ3) is 5.02. The number of halogens is 1. The van der Waals surface area contributed by atoms with Crippen molar-refractivity contribution in [3.63, 3.8) is 0 Å². The highest BCUT2D eigenvalue weighted by molar-refractivity contribution is 9.09. The molecule has 0 aromatic heterocycles. The lowest BCUT2D eigenvalue weighted by Gasteiger charge is -1.98. The van der Waals surface area contributed by atoms with Crippen molar-refractivity contribution in [2.24, 2.45) is 0 Å². The molecule has 0 saturated carbocycles. The van der Waals surface area contributed by atoms with Crippen molar-refractivity contribution in [1.29, 1.82) is 0 Å². The summed E-state index contributed by atoms with van der Waals surface area (Å²) < 4.78 is 4.67. The van der Waals surface area contributed by atoms with Gasteiger partial charge < -0.3 is 4.74 Å². The van der Waals surface area contributed by atoms with Gasteiger partial charge in [-0.15, -0.1) is 0 Å². The first-order chi connectivity index (χ1) is 11.2. The standard InChI is InChI=1S/C20H15BrO2/c1-23-20(22)19-13-10-16(11-14-19)9-12-18-7-3-2-6-17(18)8-4-5-15-21/h2-3,6-7,10-11,13-14H,5,15H2,1H3. The summed E-state index contributed by atoms with van der Waals surface area (Å²) in [7, 11) is 1.36. The molecule has 0 aliphatic carbocycles. The van der Waals surface area contributed by atoms with E-state index in [1.165, 1.54) is 7.11 Å². The quantitative estimate of drug-likeness (QED) is 0.456. The van der Waals surface area contributed by atoms with Crippen molar-refractivity contribution in [1.82, 2.24) is 0 Å². The lowest BCUT2D eigenvalue weighted by molar-refractivity contribution is 0.0600. The second kappa shape index (κ2) is 8.83. The molecule has 0 aliphatic heterocycles. The van der Waals surface area contributed by atoms with Gasteiger partial charge in [0, 0.05) is 28.4 Å². The average molecular weight is 367 g/mol. The molecule has 2 nitrogen and oxygen atoms in total. The number of carbonyl (C=O) groups is 1. The SMILES string of the molecule is COC(=O)c1ccc(C#Cc2ccccc2C#CCCBr)cc1. The van der Waals surface area contributed by atoms with Crippen molar-refractivity contribution in [2.45, 2.75) is 6.42 Å². The molecule has 114 valence electrons. The number of hydrogen-bond acceptors (Lipinski definition) is 2. The smallest absolute Gasteiger partial charge is 0.337 e. The fraction of sp³-hybridized carbons (Fsp3) is 0.150. The van der Waals surface area contributed by atoms with Crippen molar-refractivity contribution in [3.8, 4) is 23.7 Å². The number of alkyl halides is 1. The van der Waals surface area contributed by atoms with Crippen LogP contribution in [0, 0.1) is 23.7 Å². The van der Waals surface area contributed by atoms with Gasteiger partial charge in [-0.25, -0.2) is 4.79 Å². The van der Waals surface area contributed by atoms with Gasteiger partial charge in [-0.2, -0.15) is 0 Å². The molecule has 0 bridgehead atoms. The highest BCUT2D eigenvalue weighted by atomic mass is 79.9. The molecule has 3 heteroatoms. The maximum absolute atomic E-state index is 11.4. The third-order valence-corrected chi connectivity index (χ3v) is 3.41. The van der Waals surface area contributed by atoms with Gasteiger partial charge >= 0.3 is 5.97 Å². The summed E-state index contributed by atoms with van der Waals surface area (Å²) in [5.41, 5.74) is 3.17. The van der Waals surface area contributed by atoms with E-state index in [4.69, 9.17) is 0 Å². The Labute approximate surface area is 145 Å². The van der Waals surface area contributed by atoms with Gasteiger partial charge in [0.05, 0.1) is 12.7 Å². The van der Waals surface area contributed by atoms with E-state index in [9.17, 15) is 4.79 Å². The summed E-state index contributed by atoms with van der Waals surface area (Å²) >= 11 is 3.36. The van der Waals surface area contributed by atoms with E-state index in [-0.39, 0.29) is 5.97 Å². The predicted octanol–water partition coefficient (Wildman–Crippen LogP) is 4.01. The molecule has 0 radical (unpaired) electrons. The first-order valence-corrected chi connectivity index (χ1v) is 8.21. The highest BCUT2D eigenvalue weighted by Gasteiger charge is 2.03. The van der Waals surface area contributed by atoms with Gasteiger partial charge in [0.25, 0.3) is 0 Å². The zero-order valence-electron chi connectivity index (χ0n) is 12.7. The number of carbonyl (C=O) groups excluding carboxylic acids is 1. The van der Waals surface area contributed by atoms with Gasteiger partial charge in [0.2, 0.25) is 0 Å². The fourth-order valence-corrected chi connectivity index (χ4v) is 2.05. The minimum absolute atomic E-state index is 0.350. The molecular formula is C20H15BrO2. The molecule has 0 aliphatic rings. The molecule has 0 saturated heterocycles. The zero-order valence-corrected chi connectivity index (χ0v) is 14.3. The number of methoxy groups -OCH3 is 1. The van der Waals surface area contributed by atoms with E-state index in [2.05, 4.69) is 44.3 Å². The lowest BCUT2D eigenvalue weighted by atomic mass is 10.1. The molecule has 2 aromatic carbocycles. The number of esters is 1. The van der Waals surface area contributed by atoms with Gasteiger partial charge in [-0.05, 0) is 36.4 Å². The summed E-state index contributed by atoms with van der Waals surface area (Å²) in [6.07, 6.45) is 0.802. The maximum atomic E-state index is 11.4. The molecule has 0 N–H and O–H groups in total. The Morgan fingerprint density at radius 3 is 2.26 bits per heavy atom. The van der Waals surface area contributed by atoms with Crippen LogP contribution in [0.4, 0.5) is 0 Å². The minimum Gasteiger partial charge on any atom is -0.465 e. The topological polar surface area (TPSA) is 26.3 Å². The third-order valence-electron chi connectivity index (χ3n) is 3.02. The van der Waals surface area contributed by atoms with E-state index < -0.39 is 0 Å². The molecular weight excluding hydrogens is 352 g/mol. The van der Waals surface area contributed by atoms with E-state index in [0.717, 1.165) is 28.4 Å². The van der Waals surface area contributed by atoms with E-state index >= 15 is 0 Å². The summed E-state index contributed by atoms with van der Waals surface area (Å²) in [6.45, 7) is 0. The normalized spacial score (nSPS) is 9.13. The van der Waals surface area contributed by atoms with Gasteiger partial charge in [0.15, 0.2) is 0 Å². The Morgan fingerprint density at radius 1 is 1.00 bits per heavy atom. The van der Waals surface area contributed by atoms with Crippen LogP contribution in [-0.2, 0) is 4.74 Å². The first kappa shape index (κ1) is 16.9. The second-order valence-corrected chi connectivity index (χ2v) is 5.40. The van der Waals surface area contributed by atoms with E-state index in [0.29, 0.717) is 5.56 Å². The van der Waals surface area contributed by atoms with Crippen LogP contribution in [0.5, 0.6) is 0 Å². The summed E-state index contributed by atoms with van der Waals surface area (Å²) in [6, 6.07) is 14.8. The fourth-order valence-electron chi connectivity index (χ4n) is 1.85. The Kier molecular flexibility index (Phi) is 6.48. The molecule has 0 unspecified atom stereocenters. The average Bonchev–Trinajstić information content (AvgIpc) is 2.61. The van der Waals surface area contributed by atoms with Crippen molar-refractivity contribution >= 4 is 21.9 Å². The van der Waals surface area contributed by atoms with Gasteiger partial charge in [-0.3, -0.25) is 0 Å². The second-order valence-electron chi connectivity index (χ2n) is 4.61. The summed E-state index contributed by atoms with van der Waals surface area (Å²) in [4.78, 5) is 11.4. The molecule has 0 heterocycles. The molecule has 0 amide bonds. The number of ether oxygens (including phenoxy) is 1. The highest BCUT2D eigenvalue weighted by Crippen LogP contribution is 2.08. The number of hydrogen-bond donors (Lipinski definition) is 0. The zero-order chi connectivity index (χ0) is 16.5. The molecule has 2 rings (SSSR count). The Morgan fingerprint density at radius 2 is 1.65 bits per heavy atom. The van der Waals surface area contributed by atoms with Crippen LogP contribution in [0.15, 0.2) is 48.5 Å². The maximum Gasteiger partial charge on any atom is 0.337 e. The van der Waals surface area contributed by atoms with Crippen LogP contribution >= 0.6 is 15.9 Å². The van der Waals surface area contributed by atoms with Crippen molar-refractivity contribution in [3.05, 3.63) is 70.8 Å². The Hall–Kier alpha value is -2.49. The van der Waals surface area contributed by atoms with Crippen LogP contribution in [0.25, 0.3) is 0 Å². The van der Waals surface area contributed by atoms with Crippen molar-refractivity contribution < 1.29 is 9.53 Å². The Bertz CT molecular complexity index is 799. The molecule has 0 spiro atoms. The molecule has 2 aromatic rings. The van der Waals surface area contributed by atoms with E-state index in [1.807, 2.05) is 24.3 Å². The largest absolute Gasteiger partial charge is 0.465 e. The molecule has 23 heavy (non-hydrogen) atoms. The van der Waals surface area contributed by atoms with Gasteiger partial charge in [0.1, 0.15) is 0 Å². The van der Waals surface area contributed by atoms with Crippen molar-refractivity contribution in [2.75, 3.05) is 12.4 Å². The summed E-state index contributed by atoms with van der Waals surface area (Å²) in [5.74, 6) is 12.1. The Balaban J connectivity index is 2.22. The van der Waals surface area contributed by atoms with Crippen LogP contribution in [0.2, 0.25) is 0 Å². The van der Waals surface area contributed by atoms with Crippen LogP contribution in [0.1, 0.15) is 33.5 Å². The van der Waals surface area contributed by atoms with Crippen LogP contribution < -0.4 is 0 Å². The molecule has 0 fully saturated rings. The van der Waals surface area contributed by atoms with Crippen LogP contribution in [-0.4, -0.2) is 18.4 Å². The summed E-state index contributed by atoms with van der Waals surface area (Å²) in [5, 5.41) is 0.861. The monoisotopic (exact) mass is 366 g/mol. The molecule has 0 atom stereocenters. The van der Waals surface area contributed by atoms with Gasteiger partial charge in [-0.1, -0.05) is 51.7 Å². The van der Waals surface area contributed by atoms with Crippen LogP contribution in [0.3, 0.4) is 0 Å². The predicted molar refractivity (Wildman–Crippen MR) is 95.5 cm³/mol. The number of benzene rings is 2. The lowest BCUT2D eigenvalue weighted by Crippen LogP contribution is -2.00. The minimum atomic E-state index is -0.350. The first-order valence-electron chi connectivity index (χ1n) is 7.09. The van der Waals surface area contributed by atoms with E-state index in [1.54, 1.807) is 24.3 Å².